The SMILES string of the molecule is CC(C)CCNCCC(C)C.COc1cc2c(cc1OC)C(C(C)C)NCC2.NC1CCCc2ccccc21.NC1CCN(Cc2ccccc2)C1.NC1Cc2ccccc2C1.NCC(=O)c1ccccc1.NCCCN1CCCC1=O.NCCc1cccs1.NCc1cccc(Cl)c1Cl.O=C(c1ccco1)N1CCNCC1.O=c1[nH]c2ccccc2n1C1CCNCC1.c1ccc(N2CCNCC2)nc1. The van der Waals surface area contributed by atoms with Crippen molar-refractivity contribution < 1.29 is 28.3 Å². The second kappa shape index (κ2) is 66.8. The third kappa shape index (κ3) is 42.1. The number of pyridine rings is 1. The molecule has 0 spiro atoms. The average molecular weight is 1990 g/mol. The number of likely N-dealkylation sites (tertiary alicyclic amines) is 2. The highest BCUT2D eigenvalue weighted by molar-refractivity contribution is 7.09. The number of para-hydroxylation sites is 2. The number of H-pyrrole nitrogens is 1. The predicted octanol–water partition coefficient (Wildman–Crippen LogP) is 16.1. The van der Waals surface area contributed by atoms with Crippen molar-refractivity contribution in [1.29, 1.82) is 0 Å². The molecule has 19 rings (SSSR count). The number of Topliss-reactive ketones (excluding diaryl/α,β-unsaturated/α-hetero) is 1. The van der Waals surface area contributed by atoms with Crippen molar-refractivity contribution in [1.82, 2.24) is 55.8 Å². The van der Waals surface area contributed by atoms with Gasteiger partial charge in [0.05, 0.1) is 48.1 Å². The van der Waals surface area contributed by atoms with Crippen LogP contribution in [-0.2, 0) is 50.0 Å². The zero-order valence-electron chi connectivity index (χ0n) is 84.9. The number of fused-ring (bicyclic) bond motifs is 4. The number of nitrogens with zero attached hydrogens (tertiary/aromatic N) is 6. The van der Waals surface area contributed by atoms with Gasteiger partial charge in [0.25, 0.3) is 5.91 Å². The average Bonchev–Trinajstić information content (AvgIpc) is 1.74. The predicted molar refractivity (Wildman–Crippen MR) is 584 cm³/mol. The highest BCUT2D eigenvalue weighted by Crippen LogP contribution is 2.38. The fraction of sp³-hybridized carbons (Fsp3) is 0.473. The highest BCUT2D eigenvalue weighted by Gasteiger charge is 2.27. The largest absolute Gasteiger partial charge is 0.493 e. The number of ketones is 1. The minimum atomic E-state index is -0.0133. The van der Waals surface area contributed by atoms with Gasteiger partial charge in [-0.15, -0.1) is 11.3 Å². The number of hydrogen-bond donors (Lipinski definition) is 13. The van der Waals surface area contributed by atoms with Crippen LogP contribution >= 0.6 is 34.5 Å². The lowest BCUT2D eigenvalue weighted by molar-refractivity contribution is -0.127. The number of aromatic nitrogens is 3. The lowest BCUT2D eigenvalue weighted by Crippen LogP contribution is -2.46. The fourth-order valence-corrected chi connectivity index (χ4v) is 18.4. The van der Waals surface area contributed by atoms with E-state index in [1.54, 1.807) is 60.8 Å². The van der Waals surface area contributed by atoms with Crippen molar-refractivity contribution in [2.24, 2.45) is 57.9 Å². The molecule has 5 fully saturated rings. The molecule has 768 valence electrons. The molecule has 3 atom stereocenters. The molecule has 8 aliphatic rings. The number of methoxy groups -OCH3 is 2. The Bertz CT molecular complexity index is 5260. The fourth-order valence-electron chi connectivity index (χ4n) is 17.3. The standard InChI is InChI=1S/C14H21NO2.C12H15N3O.C11H16N2.C10H13N.C10H23N.C9H13N3.C9H12N2O2.C9H11N.C8H9NO.C7H7Cl2N.C7H14N2O.C6H9NS/c1-9(2)14-11-8-13(17-4)12(16-3)7-10(11)5-6-15-14;16-12-14-10-3-1-2-4-11(10)15(12)9-5-7-13-8-6-9;12-11-6-7-13(9-11)8-10-4-2-1-3-5-10;11-10-7-3-5-8-4-1-2-6-9(8)10;1-9(2)5-7-11-8-6-10(3)4;1-2-4-11-9(3-1)12-7-5-10-6-8-12;12-9(8-2-1-7-13-8)11-5-3-10-4-6-11;10-9-5-7-3-1-2-4-8(7)6-9;9-6-8(10)7-4-2-1-3-5-7;8-6-3-1-2-5(4-10)7(6)9;8-4-2-6-9-5-1-3-7(9)10;7-4-3-6-2-1-5-8-6/h7-9,14-15H,5-6H2,1-4H3;1-4,9,13H,5-8H2,(H,14,16);1-5,11H,6-9,12H2;1-2,4,6,10H,3,5,7,11H2;9-11H,5-8H2,1-4H3;1-4,10H,5-8H2;1-2,7,10H,3-6H2;1-4,9H,5-6,10H2;1-5H,6,9H2;1-3H,4,10H2;1-6,8H2;1-2,5H,3-4,7H2. The number of piperidine rings is 1. The molecule has 10 heterocycles. The number of carbonyl (C=O) groups excluding carboxylic acids is 3. The Morgan fingerprint density at radius 2 is 1.22 bits per heavy atom. The maximum atomic E-state index is 11.9. The van der Waals surface area contributed by atoms with Crippen LogP contribution in [0.25, 0.3) is 11.0 Å². The van der Waals surface area contributed by atoms with Gasteiger partial charge in [0.15, 0.2) is 23.0 Å². The molecular formula is C112H163Cl2N19O7S. The van der Waals surface area contributed by atoms with E-state index < -0.39 is 0 Å². The van der Waals surface area contributed by atoms with Gasteiger partial charge >= 0.3 is 5.69 Å². The quantitative estimate of drug-likeness (QED) is 0.0221. The van der Waals surface area contributed by atoms with E-state index in [1.165, 1.54) is 88.9 Å². The minimum Gasteiger partial charge on any atom is -0.493 e. The second-order valence-electron chi connectivity index (χ2n) is 37.2. The number of imidazole rings is 1. The first-order valence-corrected chi connectivity index (χ1v) is 52.4. The van der Waals surface area contributed by atoms with Gasteiger partial charge in [0.1, 0.15) is 5.82 Å². The van der Waals surface area contributed by atoms with Crippen LogP contribution in [0.3, 0.4) is 0 Å². The highest BCUT2D eigenvalue weighted by atomic mass is 35.5. The van der Waals surface area contributed by atoms with Gasteiger partial charge in [-0.05, 0) is 264 Å². The van der Waals surface area contributed by atoms with Gasteiger partial charge in [-0.1, -0.05) is 210 Å². The molecule has 0 radical (unpaired) electrons. The van der Waals surface area contributed by atoms with E-state index in [2.05, 4.69) is 202 Å². The number of rotatable bonds is 22. The van der Waals surface area contributed by atoms with Crippen LogP contribution in [0, 0.1) is 17.8 Å². The molecule has 4 aromatic heterocycles. The van der Waals surface area contributed by atoms with Crippen molar-refractivity contribution in [2.75, 3.05) is 150 Å². The maximum absolute atomic E-state index is 11.9. The van der Waals surface area contributed by atoms with Gasteiger partial charge in [-0.3, -0.25) is 23.9 Å². The number of aryl methyl sites for hydroxylation is 1. The zero-order valence-corrected chi connectivity index (χ0v) is 87.2. The summed E-state index contributed by atoms with van der Waals surface area (Å²) in [5, 5.41) is 20.0. The Morgan fingerprint density at radius 3 is 1.79 bits per heavy atom. The summed E-state index contributed by atoms with van der Waals surface area (Å²) in [5.74, 6) is 5.70. The van der Waals surface area contributed by atoms with Crippen LogP contribution in [-0.4, -0.2) is 204 Å². The number of nitrogens with two attached hydrogens (primary N) is 7. The molecule has 29 heteroatoms. The zero-order chi connectivity index (χ0) is 101. The van der Waals surface area contributed by atoms with Gasteiger partial charge in [-0.25, -0.2) is 9.78 Å². The Labute approximate surface area is 853 Å². The molecule has 0 saturated carbocycles. The molecule has 20 N–H and O–H groups in total. The van der Waals surface area contributed by atoms with Crippen LogP contribution in [0.2, 0.25) is 10.0 Å². The maximum Gasteiger partial charge on any atom is 0.326 e. The first kappa shape index (κ1) is 116. The van der Waals surface area contributed by atoms with E-state index in [9.17, 15) is 19.2 Å². The number of nitrogens with one attached hydrogen (secondary N) is 6. The number of aromatic amines is 1. The van der Waals surface area contributed by atoms with Crippen molar-refractivity contribution >= 4 is 69.0 Å². The summed E-state index contributed by atoms with van der Waals surface area (Å²) < 4.78 is 17.7. The van der Waals surface area contributed by atoms with Crippen LogP contribution < -0.4 is 86.8 Å². The second-order valence-corrected chi connectivity index (χ2v) is 39.1. The molecular weight excluding hydrogens is 1830 g/mol. The van der Waals surface area contributed by atoms with Crippen LogP contribution in [0.4, 0.5) is 5.82 Å². The third-order valence-electron chi connectivity index (χ3n) is 25.1. The van der Waals surface area contributed by atoms with Crippen molar-refractivity contribution in [3.05, 3.63) is 305 Å². The number of benzene rings is 7. The number of hydrogen-bond acceptors (Lipinski definition) is 23. The summed E-state index contributed by atoms with van der Waals surface area (Å²) in [6.07, 6.45) is 19.7. The minimum absolute atomic E-state index is 0.00787. The third-order valence-corrected chi connectivity index (χ3v) is 26.9. The van der Waals surface area contributed by atoms with E-state index >= 15 is 0 Å². The van der Waals surface area contributed by atoms with Crippen molar-refractivity contribution in [3.8, 4) is 11.5 Å². The first-order valence-electron chi connectivity index (χ1n) is 50.7. The van der Waals surface area contributed by atoms with Gasteiger partial charge in [0, 0.05) is 145 Å². The summed E-state index contributed by atoms with van der Waals surface area (Å²) in [6, 6.07) is 69.6. The van der Waals surface area contributed by atoms with E-state index in [0.29, 0.717) is 76.5 Å². The van der Waals surface area contributed by atoms with E-state index in [-0.39, 0.29) is 23.9 Å². The number of thiophene rings is 1. The van der Waals surface area contributed by atoms with Crippen molar-refractivity contribution in [3.63, 3.8) is 0 Å². The number of amides is 2. The molecule has 6 aliphatic heterocycles. The first-order chi connectivity index (χ1) is 68.4. The molecule has 5 saturated heterocycles. The number of furan rings is 1. The monoisotopic (exact) mass is 1990 g/mol. The molecule has 3 unspecified atom stereocenters. The normalized spacial score (nSPS) is 16.8. The van der Waals surface area contributed by atoms with Crippen molar-refractivity contribution in [2.45, 2.75) is 181 Å². The molecule has 2 amide bonds. The molecule has 141 heavy (non-hydrogen) atoms. The summed E-state index contributed by atoms with van der Waals surface area (Å²) in [4.78, 5) is 62.5. The number of halogens is 2. The van der Waals surface area contributed by atoms with Gasteiger partial charge in [0.2, 0.25) is 5.91 Å². The van der Waals surface area contributed by atoms with Crippen LogP contribution in [0.5, 0.6) is 11.5 Å². The smallest absolute Gasteiger partial charge is 0.326 e. The van der Waals surface area contributed by atoms with Gasteiger partial charge < -0.3 is 100 Å². The Kier molecular flexibility index (Phi) is 55.1. The lowest BCUT2D eigenvalue weighted by atomic mass is 9.87. The summed E-state index contributed by atoms with van der Waals surface area (Å²) in [6.45, 7) is 33.5. The van der Waals surface area contributed by atoms with Crippen LogP contribution in [0.15, 0.2) is 233 Å². The topological polar surface area (TPSA) is 389 Å². The number of piperazine rings is 2. The van der Waals surface area contributed by atoms with E-state index in [4.69, 9.17) is 77.2 Å². The number of anilines is 1. The Balaban J connectivity index is 0.000000189. The van der Waals surface area contributed by atoms with E-state index in [1.807, 2.05) is 82.4 Å². The molecule has 0 bridgehead atoms. The molecule has 11 aromatic rings. The Morgan fingerprint density at radius 1 is 0.589 bits per heavy atom. The summed E-state index contributed by atoms with van der Waals surface area (Å²) in [7, 11) is 3.37. The Hall–Kier alpha value is -9.99. The molecule has 7 aromatic carbocycles. The van der Waals surface area contributed by atoms with Gasteiger partial charge in [-0.2, -0.15) is 0 Å². The lowest BCUT2D eigenvalue weighted by Gasteiger charge is -2.30. The number of ether oxygens (including phenoxy) is 2. The number of carbonyl (C=O) groups is 3. The van der Waals surface area contributed by atoms with Crippen LogP contribution in [0.1, 0.15) is 194 Å². The van der Waals surface area contributed by atoms with E-state index in [0.717, 1.165) is 228 Å². The summed E-state index contributed by atoms with van der Waals surface area (Å²) >= 11 is 13.3. The molecule has 2 aliphatic carbocycles. The summed E-state index contributed by atoms with van der Waals surface area (Å²) in [5.41, 5.74) is 52.1. The molecule has 26 nitrogen and oxygen atoms in total.